The molecule has 1 aromatic rings. The monoisotopic (exact) mass is 286 g/mol. The van der Waals surface area contributed by atoms with Gasteiger partial charge in [-0.15, -0.1) is 0 Å². The predicted octanol–water partition coefficient (Wildman–Crippen LogP) is 1.16. The van der Waals surface area contributed by atoms with E-state index < -0.39 is 0 Å². The van der Waals surface area contributed by atoms with Crippen molar-refractivity contribution in [3.8, 4) is 11.8 Å². The number of nitrogens with one attached hydrogen (secondary N) is 1. The molecule has 1 amide bonds. The standard InChI is InChI=1S/C17H22N2O2/c1-13-9-14(5-4-8-20)11-15(10-13)17(21)18-12-16-6-3-7-19(16)2/h9-11,16,20H,3,6-8,12H2,1-2H3,(H,18,21). The van der Waals surface area contributed by atoms with Gasteiger partial charge in [0.15, 0.2) is 0 Å². The second-order valence-electron chi connectivity index (χ2n) is 5.53. The van der Waals surface area contributed by atoms with Crippen LogP contribution in [0.1, 0.15) is 34.3 Å². The number of amides is 1. The van der Waals surface area contributed by atoms with E-state index >= 15 is 0 Å². The molecule has 0 bridgehead atoms. The van der Waals surface area contributed by atoms with Gasteiger partial charge in [-0.05, 0) is 57.1 Å². The summed E-state index contributed by atoms with van der Waals surface area (Å²) in [5.74, 6) is 5.39. The van der Waals surface area contributed by atoms with Crippen molar-refractivity contribution in [1.82, 2.24) is 10.2 Å². The first-order chi connectivity index (χ1) is 10.1. The number of aryl methyl sites for hydroxylation is 1. The van der Waals surface area contributed by atoms with Crippen LogP contribution in [0.5, 0.6) is 0 Å². The first-order valence-corrected chi connectivity index (χ1v) is 7.30. The molecule has 4 heteroatoms. The van der Waals surface area contributed by atoms with Gasteiger partial charge in [-0.2, -0.15) is 0 Å². The summed E-state index contributed by atoms with van der Waals surface area (Å²) in [6, 6.07) is 5.97. The molecule has 1 heterocycles. The van der Waals surface area contributed by atoms with Gasteiger partial charge in [-0.1, -0.05) is 11.8 Å². The molecule has 2 rings (SSSR count). The molecule has 21 heavy (non-hydrogen) atoms. The minimum absolute atomic E-state index is 0.0638. The molecule has 1 aliphatic rings. The van der Waals surface area contributed by atoms with Crippen LogP contribution < -0.4 is 5.32 Å². The number of likely N-dealkylation sites (N-methyl/N-ethyl adjacent to an activating group) is 1. The molecule has 1 aliphatic heterocycles. The third-order valence-corrected chi connectivity index (χ3v) is 3.82. The van der Waals surface area contributed by atoms with Crippen molar-refractivity contribution in [2.24, 2.45) is 0 Å². The first kappa shape index (κ1) is 15.6. The highest BCUT2D eigenvalue weighted by Gasteiger charge is 2.21. The number of hydrogen-bond acceptors (Lipinski definition) is 3. The number of carbonyl (C=O) groups excluding carboxylic acids is 1. The molecule has 0 spiro atoms. The Kier molecular flexibility index (Phi) is 5.38. The van der Waals surface area contributed by atoms with Crippen molar-refractivity contribution in [1.29, 1.82) is 0 Å². The Hall–Kier alpha value is -1.83. The number of likely N-dealkylation sites (tertiary alicyclic amines) is 1. The fraction of sp³-hybridized carbons (Fsp3) is 0.471. The maximum atomic E-state index is 12.3. The lowest BCUT2D eigenvalue weighted by Gasteiger charge is -2.19. The van der Waals surface area contributed by atoms with E-state index in [4.69, 9.17) is 5.11 Å². The van der Waals surface area contributed by atoms with E-state index in [0.717, 1.165) is 24.1 Å². The quantitative estimate of drug-likeness (QED) is 0.820. The molecule has 0 radical (unpaired) electrons. The van der Waals surface area contributed by atoms with E-state index in [1.807, 2.05) is 19.1 Å². The Morgan fingerprint density at radius 3 is 2.95 bits per heavy atom. The van der Waals surface area contributed by atoms with Crippen LogP contribution in [0.15, 0.2) is 18.2 Å². The predicted molar refractivity (Wildman–Crippen MR) is 83.1 cm³/mol. The molecule has 112 valence electrons. The third-order valence-electron chi connectivity index (χ3n) is 3.82. The van der Waals surface area contributed by atoms with Gasteiger partial charge >= 0.3 is 0 Å². The van der Waals surface area contributed by atoms with Gasteiger partial charge in [0, 0.05) is 23.7 Å². The van der Waals surface area contributed by atoms with Crippen LogP contribution in [0.2, 0.25) is 0 Å². The minimum atomic E-state index is -0.177. The highest BCUT2D eigenvalue weighted by Crippen LogP contribution is 2.14. The molecule has 0 saturated carbocycles. The topological polar surface area (TPSA) is 52.6 Å². The summed E-state index contributed by atoms with van der Waals surface area (Å²) in [6.45, 7) is 3.54. The van der Waals surface area contributed by atoms with Crippen LogP contribution in [-0.2, 0) is 0 Å². The van der Waals surface area contributed by atoms with E-state index in [9.17, 15) is 4.79 Å². The smallest absolute Gasteiger partial charge is 0.251 e. The fourth-order valence-electron chi connectivity index (χ4n) is 2.68. The maximum Gasteiger partial charge on any atom is 0.251 e. The molecule has 2 N–H and O–H groups in total. The van der Waals surface area contributed by atoms with Crippen LogP contribution >= 0.6 is 0 Å². The molecule has 0 aliphatic carbocycles. The normalized spacial score (nSPS) is 18.1. The van der Waals surface area contributed by atoms with Crippen LogP contribution in [0.3, 0.4) is 0 Å². The number of hydrogen-bond donors (Lipinski definition) is 2. The minimum Gasteiger partial charge on any atom is -0.384 e. The average Bonchev–Trinajstić information content (AvgIpc) is 2.87. The highest BCUT2D eigenvalue weighted by atomic mass is 16.2. The van der Waals surface area contributed by atoms with Gasteiger partial charge in [-0.3, -0.25) is 4.79 Å². The summed E-state index contributed by atoms with van der Waals surface area (Å²) >= 11 is 0. The zero-order chi connectivity index (χ0) is 15.2. The molecule has 1 unspecified atom stereocenters. The lowest BCUT2D eigenvalue weighted by molar-refractivity contribution is 0.0943. The zero-order valence-corrected chi connectivity index (χ0v) is 12.6. The molecule has 1 aromatic carbocycles. The number of aliphatic hydroxyl groups is 1. The van der Waals surface area contributed by atoms with Crippen LogP contribution in [0, 0.1) is 18.8 Å². The number of aliphatic hydroxyl groups excluding tert-OH is 1. The summed E-state index contributed by atoms with van der Waals surface area (Å²) < 4.78 is 0. The zero-order valence-electron chi connectivity index (χ0n) is 12.6. The summed E-state index contributed by atoms with van der Waals surface area (Å²) in [4.78, 5) is 14.5. The average molecular weight is 286 g/mol. The van der Waals surface area contributed by atoms with Gasteiger partial charge in [0.1, 0.15) is 6.61 Å². The van der Waals surface area contributed by atoms with Crippen molar-refractivity contribution in [2.75, 3.05) is 26.7 Å². The Balaban J connectivity index is 2.03. The van der Waals surface area contributed by atoms with E-state index in [0.29, 0.717) is 18.2 Å². The van der Waals surface area contributed by atoms with Gasteiger partial charge < -0.3 is 15.3 Å². The van der Waals surface area contributed by atoms with E-state index in [1.54, 1.807) is 6.07 Å². The molecular weight excluding hydrogens is 264 g/mol. The van der Waals surface area contributed by atoms with Gasteiger partial charge in [-0.25, -0.2) is 0 Å². The summed E-state index contributed by atoms with van der Waals surface area (Å²) in [5, 5.41) is 11.8. The molecule has 1 saturated heterocycles. The van der Waals surface area contributed by atoms with E-state index in [1.165, 1.54) is 6.42 Å². The summed E-state index contributed by atoms with van der Waals surface area (Å²) in [6.07, 6.45) is 2.33. The molecule has 1 fully saturated rings. The molecule has 4 nitrogen and oxygen atoms in total. The van der Waals surface area contributed by atoms with Crippen molar-refractivity contribution in [3.63, 3.8) is 0 Å². The SMILES string of the molecule is Cc1cc(C#CCO)cc(C(=O)NCC2CCCN2C)c1. The maximum absolute atomic E-state index is 12.3. The lowest BCUT2D eigenvalue weighted by atomic mass is 10.1. The number of rotatable bonds is 3. The van der Waals surface area contributed by atoms with Crippen molar-refractivity contribution in [3.05, 3.63) is 34.9 Å². The highest BCUT2D eigenvalue weighted by molar-refractivity contribution is 5.94. The summed E-state index contributed by atoms with van der Waals surface area (Å²) in [7, 11) is 2.10. The van der Waals surface area contributed by atoms with Crippen LogP contribution in [0.25, 0.3) is 0 Å². The molecule has 0 aromatic heterocycles. The van der Waals surface area contributed by atoms with E-state index in [-0.39, 0.29) is 12.5 Å². The van der Waals surface area contributed by atoms with Crippen LogP contribution in [-0.4, -0.2) is 48.7 Å². The van der Waals surface area contributed by atoms with Crippen LogP contribution in [0.4, 0.5) is 0 Å². The first-order valence-electron chi connectivity index (χ1n) is 7.30. The number of nitrogens with zero attached hydrogens (tertiary/aromatic N) is 1. The Morgan fingerprint density at radius 1 is 1.48 bits per heavy atom. The van der Waals surface area contributed by atoms with Gasteiger partial charge in [0.05, 0.1) is 0 Å². The number of benzene rings is 1. The van der Waals surface area contributed by atoms with Gasteiger partial charge in [0.2, 0.25) is 0 Å². The number of carbonyl (C=O) groups is 1. The van der Waals surface area contributed by atoms with Crippen molar-refractivity contribution in [2.45, 2.75) is 25.8 Å². The molecular formula is C17H22N2O2. The van der Waals surface area contributed by atoms with Gasteiger partial charge in [0.25, 0.3) is 5.91 Å². The summed E-state index contributed by atoms with van der Waals surface area (Å²) in [5.41, 5.74) is 2.37. The van der Waals surface area contributed by atoms with E-state index in [2.05, 4.69) is 29.1 Å². The Morgan fingerprint density at radius 2 is 2.29 bits per heavy atom. The largest absolute Gasteiger partial charge is 0.384 e. The Labute approximate surface area is 126 Å². The third kappa shape index (κ3) is 4.32. The lowest BCUT2D eigenvalue weighted by Crippen LogP contribution is -2.38. The second-order valence-corrected chi connectivity index (χ2v) is 5.53. The fourth-order valence-corrected chi connectivity index (χ4v) is 2.68. The van der Waals surface area contributed by atoms with Crippen molar-refractivity contribution < 1.29 is 9.90 Å². The molecule has 1 atom stereocenters. The van der Waals surface area contributed by atoms with Crippen molar-refractivity contribution >= 4 is 5.91 Å². The Bertz CT molecular complexity index is 572. The second kappa shape index (κ2) is 7.26.